The molecule has 0 radical (unpaired) electrons. The van der Waals surface area contributed by atoms with Crippen molar-refractivity contribution >= 4 is 11.9 Å². The Bertz CT molecular complexity index is 538. The van der Waals surface area contributed by atoms with E-state index in [1.165, 1.54) is 6.07 Å². The van der Waals surface area contributed by atoms with Gasteiger partial charge in [-0.2, -0.15) is 0 Å². The van der Waals surface area contributed by atoms with E-state index in [2.05, 4.69) is 20.3 Å². The summed E-state index contributed by atoms with van der Waals surface area (Å²) in [5, 5.41) is 11.9. The Morgan fingerprint density at radius 3 is 3.00 bits per heavy atom. The van der Waals surface area contributed by atoms with Crippen molar-refractivity contribution in [2.45, 2.75) is 13.5 Å². The maximum Gasteiger partial charge on any atom is 0.354 e. The minimum absolute atomic E-state index is 0.00682. The molecule has 0 unspecified atom stereocenters. The monoisotopic (exact) mass is 247 g/mol. The Balaban J connectivity index is 1.98. The number of carboxylic acid groups (broad SMARTS) is 1. The van der Waals surface area contributed by atoms with Gasteiger partial charge < -0.3 is 15.0 Å². The Morgan fingerprint density at radius 2 is 2.33 bits per heavy atom. The van der Waals surface area contributed by atoms with E-state index in [1.807, 2.05) is 10.8 Å². The molecule has 2 aromatic rings. The fourth-order valence-electron chi connectivity index (χ4n) is 1.47. The number of anilines is 1. The molecule has 0 saturated heterocycles. The van der Waals surface area contributed by atoms with Gasteiger partial charge >= 0.3 is 5.97 Å². The molecule has 0 aromatic carbocycles. The van der Waals surface area contributed by atoms with Crippen molar-refractivity contribution < 1.29 is 9.90 Å². The maximum atomic E-state index is 10.8. The number of rotatable bonds is 5. The molecule has 0 aliphatic carbocycles. The van der Waals surface area contributed by atoms with Crippen molar-refractivity contribution in [2.75, 3.05) is 11.9 Å². The van der Waals surface area contributed by atoms with E-state index < -0.39 is 5.97 Å². The summed E-state index contributed by atoms with van der Waals surface area (Å²) >= 11 is 0. The fourth-order valence-corrected chi connectivity index (χ4v) is 1.47. The van der Waals surface area contributed by atoms with Crippen molar-refractivity contribution in [1.29, 1.82) is 0 Å². The number of carboxylic acids is 1. The maximum absolute atomic E-state index is 10.8. The Morgan fingerprint density at radius 1 is 1.50 bits per heavy atom. The molecule has 0 saturated carbocycles. The van der Waals surface area contributed by atoms with Crippen LogP contribution in [0.5, 0.6) is 0 Å². The predicted octanol–water partition coefficient (Wildman–Crippen LogP) is 0.792. The smallest absolute Gasteiger partial charge is 0.354 e. The van der Waals surface area contributed by atoms with Crippen LogP contribution in [0.1, 0.15) is 16.2 Å². The third kappa shape index (κ3) is 3.03. The molecule has 2 N–H and O–H groups in total. The van der Waals surface area contributed by atoms with E-state index in [4.69, 9.17) is 5.11 Å². The van der Waals surface area contributed by atoms with Gasteiger partial charge in [0.25, 0.3) is 0 Å². The van der Waals surface area contributed by atoms with Gasteiger partial charge in [0.05, 0.1) is 6.33 Å². The highest BCUT2D eigenvalue weighted by atomic mass is 16.4. The Hall–Kier alpha value is -2.44. The van der Waals surface area contributed by atoms with Crippen LogP contribution >= 0.6 is 0 Å². The van der Waals surface area contributed by atoms with Gasteiger partial charge in [-0.25, -0.2) is 19.7 Å². The Labute approximate surface area is 104 Å². The zero-order chi connectivity index (χ0) is 13.0. The average Bonchev–Trinajstić information content (AvgIpc) is 2.81. The summed E-state index contributed by atoms with van der Waals surface area (Å²) in [5.41, 5.74) is 0.611. The van der Waals surface area contributed by atoms with Crippen LogP contribution in [-0.2, 0) is 6.54 Å². The van der Waals surface area contributed by atoms with E-state index in [-0.39, 0.29) is 5.69 Å². The lowest BCUT2D eigenvalue weighted by molar-refractivity contribution is 0.0690. The van der Waals surface area contributed by atoms with Crippen LogP contribution in [0.25, 0.3) is 0 Å². The first-order chi connectivity index (χ1) is 8.65. The number of nitrogens with zero attached hydrogens (tertiary/aromatic N) is 4. The van der Waals surface area contributed by atoms with Crippen molar-refractivity contribution in [2.24, 2.45) is 0 Å². The molecule has 2 heterocycles. The first kappa shape index (κ1) is 12.0. The minimum atomic E-state index is -1.06. The first-order valence-corrected chi connectivity index (χ1v) is 5.44. The van der Waals surface area contributed by atoms with E-state index in [0.29, 0.717) is 24.7 Å². The first-order valence-electron chi connectivity index (χ1n) is 5.44. The molecule has 0 aliphatic heterocycles. The molecule has 0 fully saturated rings. The third-order valence-corrected chi connectivity index (χ3v) is 2.29. The Kier molecular flexibility index (Phi) is 3.52. The van der Waals surface area contributed by atoms with Crippen LogP contribution < -0.4 is 5.32 Å². The van der Waals surface area contributed by atoms with Crippen LogP contribution in [0.15, 0.2) is 24.8 Å². The normalized spacial score (nSPS) is 10.3. The van der Waals surface area contributed by atoms with Gasteiger partial charge in [-0.3, -0.25) is 0 Å². The number of nitrogens with one attached hydrogen (secondary N) is 1. The van der Waals surface area contributed by atoms with E-state index in [0.717, 1.165) is 0 Å². The second-order valence-electron chi connectivity index (χ2n) is 3.75. The van der Waals surface area contributed by atoms with E-state index in [9.17, 15) is 4.79 Å². The lowest BCUT2D eigenvalue weighted by Crippen LogP contribution is -2.13. The molecular weight excluding hydrogens is 234 g/mol. The predicted molar refractivity (Wildman–Crippen MR) is 64.4 cm³/mol. The zero-order valence-corrected chi connectivity index (χ0v) is 9.87. The molecule has 2 aromatic heterocycles. The molecule has 0 amide bonds. The summed E-state index contributed by atoms with van der Waals surface area (Å²) < 4.78 is 1.90. The van der Waals surface area contributed by atoms with Gasteiger partial charge in [0, 0.05) is 31.2 Å². The summed E-state index contributed by atoms with van der Waals surface area (Å²) in [6, 6.07) is 1.43. The van der Waals surface area contributed by atoms with Gasteiger partial charge in [0.15, 0.2) is 5.69 Å². The van der Waals surface area contributed by atoms with Crippen molar-refractivity contribution in [1.82, 2.24) is 19.5 Å². The van der Waals surface area contributed by atoms with E-state index in [1.54, 1.807) is 19.4 Å². The summed E-state index contributed by atoms with van der Waals surface area (Å²) in [6.07, 6.45) is 5.26. The molecule has 0 spiro atoms. The molecule has 18 heavy (non-hydrogen) atoms. The lowest BCUT2D eigenvalue weighted by Gasteiger charge is -2.06. The highest BCUT2D eigenvalue weighted by Crippen LogP contribution is 2.04. The summed E-state index contributed by atoms with van der Waals surface area (Å²) in [7, 11) is 0. The largest absolute Gasteiger partial charge is 0.477 e. The summed E-state index contributed by atoms with van der Waals surface area (Å²) in [5.74, 6) is -0.731. The zero-order valence-electron chi connectivity index (χ0n) is 9.87. The molecule has 94 valence electrons. The van der Waals surface area contributed by atoms with Crippen molar-refractivity contribution in [3.63, 3.8) is 0 Å². The molecule has 7 nitrogen and oxygen atoms in total. The van der Waals surface area contributed by atoms with Crippen LogP contribution in [0.2, 0.25) is 0 Å². The molecule has 0 atom stereocenters. The average molecular weight is 247 g/mol. The number of carbonyl (C=O) groups is 1. The molecule has 2 rings (SSSR count). The van der Waals surface area contributed by atoms with E-state index >= 15 is 0 Å². The number of hydrogen-bond acceptors (Lipinski definition) is 5. The lowest BCUT2D eigenvalue weighted by atomic mass is 10.3. The van der Waals surface area contributed by atoms with Crippen LogP contribution in [0.3, 0.4) is 0 Å². The van der Waals surface area contributed by atoms with Gasteiger partial charge in [-0.1, -0.05) is 0 Å². The van der Waals surface area contributed by atoms with Crippen LogP contribution in [0.4, 0.5) is 5.95 Å². The number of hydrogen-bond donors (Lipinski definition) is 2. The molecule has 0 aliphatic rings. The second-order valence-corrected chi connectivity index (χ2v) is 3.75. The van der Waals surface area contributed by atoms with Gasteiger partial charge in [0.1, 0.15) is 0 Å². The van der Waals surface area contributed by atoms with Crippen molar-refractivity contribution in [3.05, 3.63) is 36.2 Å². The topological polar surface area (TPSA) is 92.9 Å². The second kappa shape index (κ2) is 5.26. The molecular formula is C11H13N5O2. The molecule has 7 heteroatoms. The number of imidazole rings is 1. The van der Waals surface area contributed by atoms with Gasteiger partial charge in [-0.15, -0.1) is 0 Å². The third-order valence-electron chi connectivity index (χ3n) is 2.29. The highest BCUT2D eigenvalue weighted by Gasteiger charge is 2.07. The van der Waals surface area contributed by atoms with Gasteiger partial charge in [0.2, 0.25) is 5.95 Å². The molecule has 0 bridgehead atoms. The summed E-state index contributed by atoms with van der Waals surface area (Å²) in [6.45, 7) is 3.04. The quantitative estimate of drug-likeness (QED) is 0.811. The van der Waals surface area contributed by atoms with Crippen LogP contribution in [0, 0.1) is 6.92 Å². The van der Waals surface area contributed by atoms with Crippen LogP contribution in [-0.4, -0.2) is 37.1 Å². The number of aromatic nitrogens is 4. The highest BCUT2D eigenvalue weighted by molar-refractivity contribution is 5.85. The number of aromatic carboxylic acids is 1. The van der Waals surface area contributed by atoms with Gasteiger partial charge in [-0.05, 0) is 13.0 Å². The number of aryl methyl sites for hydroxylation is 1. The van der Waals surface area contributed by atoms with Crippen molar-refractivity contribution in [3.8, 4) is 0 Å². The minimum Gasteiger partial charge on any atom is -0.477 e. The summed E-state index contributed by atoms with van der Waals surface area (Å²) in [4.78, 5) is 22.8. The standard InChI is InChI=1S/C11H13N5O2/c1-8-6-9(10(17)18)15-11(14-8)13-3-5-16-4-2-12-7-16/h2,4,6-7H,3,5H2,1H3,(H,17,18)(H,13,14,15). The SMILES string of the molecule is Cc1cc(C(=O)O)nc(NCCn2ccnc2)n1. The fraction of sp³-hybridized carbons (Fsp3) is 0.273.